The Labute approximate surface area is 175 Å². The van der Waals surface area contributed by atoms with Gasteiger partial charge < -0.3 is 9.97 Å². The Balaban J connectivity index is 1.90. The summed E-state index contributed by atoms with van der Waals surface area (Å²) in [7, 11) is 0. The summed E-state index contributed by atoms with van der Waals surface area (Å²) in [4.78, 5) is 32.8. The molecule has 2 heterocycles. The number of hydrogen-bond donors (Lipinski definition) is 2. The van der Waals surface area contributed by atoms with Gasteiger partial charge in [-0.25, -0.2) is 0 Å². The number of carbonyl (C=O) groups is 1. The lowest BCUT2D eigenvalue weighted by Gasteiger charge is -2.13. The Hall–Kier alpha value is -2.92. The Kier molecular flexibility index (Phi) is 4.47. The molecule has 5 rings (SSSR count). The van der Waals surface area contributed by atoms with Gasteiger partial charge in [0.25, 0.3) is 5.56 Å². The summed E-state index contributed by atoms with van der Waals surface area (Å²) in [6.07, 6.45) is 6.34. The third-order valence-corrected chi connectivity index (χ3v) is 6.09. The molecule has 2 N–H and O–H groups in total. The SMILES string of the molecule is O=C(c1ccccc1)c1c(C2=CCCCC2)[nH]c2c(=O)[nH]c3cc(Br)ccc3c12. The van der Waals surface area contributed by atoms with Gasteiger partial charge in [-0.05, 0) is 43.4 Å². The predicted molar refractivity (Wildman–Crippen MR) is 120 cm³/mol. The van der Waals surface area contributed by atoms with Crippen molar-refractivity contribution < 1.29 is 4.79 Å². The van der Waals surface area contributed by atoms with Crippen LogP contribution in [0.25, 0.3) is 27.4 Å². The second-order valence-corrected chi connectivity index (χ2v) is 8.35. The molecule has 0 atom stereocenters. The quantitative estimate of drug-likeness (QED) is 0.381. The maximum Gasteiger partial charge on any atom is 0.272 e. The van der Waals surface area contributed by atoms with E-state index in [1.807, 2.05) is 48.5 Å². The Bertz CT molecular complexity index is 1350. The standard InChI is InChI=1S/C24H19BrN2O2/c25-16-11-12-17-18(13-16)26-24(29)22-19(17)20(23(28)15-9-5-2-6-10-15)21(27-22)14-7-3-1-4-8-14/h2,5-7,9-13,27H,1,3-4,8H2,(H,26,29). The van der Waals surface area contributed by atoms with Crippen LogP contribution >= 0.6 is 15.9 Å². The van der Waals surface area contributed by atoms with Crippen molar-refractivity contribution in [3.8, 4) is 0 Å². The van der Waals surface area contributed by atoms with Crippen LogP contribution in [0.5, 0.6) is 0 Å². The molecular weight excluding hydrogens is 428 g/mol. The number of aromatic nitrogens is 2. The molecule has 0 unspecified atom stereocenters. The summed E-state index contributed by atoms with van der Waals surface area (Å²) in [6, 6.07) is 15.0. The van der Waals surface area contributed by atoms with E-state index in [2.05, 4.69) is 32.0 Å². The molecule has 0 spiro atoms. The van der Waals surface area contributed by atoms with Gasteiger partial charge in [0, 0.05) is 20.8 Å². The van der Waals surface area contributed by atoms with Crippen molar-refractivity contribution in [2.24, 2.45) is 0 Å². The number of pyridine rings is 1. The molecule has 144 valence electrons. The lowest BCUT2D eigenvalue weighted by molar-refractivity contribution is 0.104. The Morgan fingerprint density at radius 1 is 1.00 bits per heavy atom. The van der Waals surface area contributed by atoms with Crippen molar-refractivity contribution >= 4 is 49.1 Å². The van der Waals surface area contributed by atoms with Gasteiger partial charge in [-0.1, -0.05) is 58.4 Å². The summed E-state index contributed by atoms with van der Waals surface area (Å²) in [6.45, 7) is 0. The fourth-order valence-corrected chi connectivity index (χ4v) is 4.59. The van der Waals surface area contributed by atoms with E-state index in [1.54, 1.807) is 0 Å². The molecule has 5 heteroatoms. The molecule has 0 aliphatic heterocycles. The number of benzene rings is 2. The zero-order valence-corrected chi connectivity index (χ0v) is 17.3. The van der Waals surface area contributed by atoms with E-state index in [4.69, 9.17) is 0 Å². The van der Waals surface area contributed by atoms with Crippen molar-refractivity contribution in [3.63, 3.8) is 0 Å². The van der Waals surface area contributed by atoms with E-state index >= 15 is 0 Å². The van der Waals surface area contributed by atoms with Gasteiger partial charge in [0.15, 0.2) is 5.78 Å². The van der Waals surface area contributed by atoms with Crippen LogP contribution in [0.1, 0.15) is 47.3 Å². The number of fused-ring (bicyclic) bond motifs is 3. The average Bonchev–Trinajstić information content (AvgIpc) is 3.16. The van der Waals surface area contributed by atoms with Crippen LogP contribution in [-0.4, -0.2) is 15.8 Å². The Morgan fingerprint density at radius 2 is 1.83 bits per heavy atom. The van der Waals surface area contributed by atoms with Crippen LogP contribution in [-0.2, 0) is 0 Å². The van der Waals surface area contributed by atoms with Gasteiger partial charge in [-0.2, -0.15) is 0 Å². The second kappa shape index (κ2) is 7.16. The van der Waals surface area contributed by atoms with E-state index in [-0.39, 0.29) is 11.3 Å². The third-order valence-electron chi connectivity index (χ3n) is 5.60. The summed E-state index contributed by atoms with van der Waals surface area (Å²) in [5.74, 6) is -0.0619. The van der Waals surface area contributed by atoms with Crippen molar-refractivity contribution in [2.45, 2.75) is 25.7 Å². The summed E-state index contributed by atoms with van der Waals surface area (Å²) in [5, 5.41) is 1.56. The minimum absolute atomic E-state index is 0.0619. The molecular formula is C24H19BrN2O2. The van der Waals surface area contributed by atoms with Gasteiger partial charge >= 0.3 is 0 Å². The zero-order valence-electron chi connectivity index (χ0n) is 15.7. The zero-order chi connectivity index (χ0) is 20.0. The lowest BCUT2D eigenvalue weighted by Crippen LogP contribution is -2.07. The molecule has 29 heavy (non-hydrogen) atoms. The molecule has 2 aromatic heterocycles. The number of ketones is 1. The monoisotopic (exact) mass is 446 g/mol. The average molecular weight is 447 g/mol. The van der Waals surface area contributed by atoms with Crippen molar-refractivity contribution in [2.75, 3.05) is 0 Å². The van der Waals surface area contributed by atoms with Crippen LogP contribution in [0.4, 0.5) is 0 Å². The number of hydrogen-bond acceptors (Lipinski definition) is 2. The molecule has 4 aromatic rings. The number of rotatable bonds is 3. The highest BCUT2D eigenvalue weighted by Gasteiger charge is 2.25. The van der Waals surface area contributed by atoms with Crippen LogP contribution in [0, 0.1) is 0 Å². The smallest absolute Gasteiger partial charge is 0.272 e. The molecule has 0 bridgehead atoms. The maximum atomic E-state index is 13.6. The van der Waals surface area contributed by atoms with Crippen molar-refractivity contribution in [1.29, 1.82) is 0 Å². The van der Waals surface area contributed by atoms with E-state index in [9.17, 15) is 9.59 Å². The number of carbonyl (C=O) groups excluding carboxylic acids is 1. The molecule has 0 amide bonds. The maximum absolute atomic E-state index is 13.6. The van der Waals surface area contributed by atoms with E-state index in [0.29, 0.717) is 27.5 Å². The molecule has 0 saturated heterocycles. The highest BCUT2D eigenvalue weighted by Crippen LogP contribution is 2.36. The largest absolute Gasteiger partial charge is 0.350 e. The first kappa shape index (κ1) is 18.1. The number of nitrogens with one attached hydrogen (secondary N) is 2. The van der Waals surface area contributed by atoms with Gasteiger partial charge in [-0.3, -0.25) is 9.59 Å². The molecule has 1 aliphatic carbocycles. The fraction of sp³-hybridized carbons (Fsp3) is 0.167. The van der Waals surface area contributed by atoms with Crippen LogP contribution in [0.3, 0.4) is 0 Å². The van der Waals surface area contributed by atoms with Crippen molar-refractivity contribution in [1.82, 2.24) is 9.97 Å². The van der Waals surface area contributed by atoms with Crippen LogP contribution in [0.15, 0.2) is 63.9 Å². The summed E-state index contributed by atoms with van der Waals surface area (Å²) < 4.78 is 0.877. The minimum Gasteiger partial charge on any atom is -0.350 e. The minimum atomic E-state index is -0.213. The molecule has 1 aliphatic rings. The van der Waals surface area contributed by atoms with Crippen LogP contribution < -0.4 is 5.56 Å². The van der Waals surface area contributed by atoms with Crippen LogP contribution in [0.2, 0.25) is 0 Å². The number of aromatic amines is 2. The molecule has 2 aromatic carbocycles. The predicted octanol–water partition coefficient (Wildman–Crippen LogP) is 5.96. The van der Waals surface area contributed by atoms with E-state index in [0.717, 1.165) is 46.8 Å². The van der Waals surface area contributed by atoms with E-state index in [1.165, 1.54) is 0 Å². The number of allylic oxidation sites excluding steroid dienone is 2. The first-order chi connectivity index (χ1) is 14.1. The van der Waals surface area contributed by atoms with Gasteiger partial charge in [-0.15, -0.1) is 0 Å². The summed E-state index contributed by atoms with van der Waals surface area (Å²) in [5.41, 5.74) is 4.08. The summed E-state index contributed by atoms with van der Waals surface area (Å²) >= 11 is 3.47. The highest BCUT2D eigenvalue weighted by molar-refractivity contribution is 9.10. The number of H-pyrrole nitrogens is 2. The number of halogens is 1. The second-order valence-electron chi connectivity index (χ2n) is 7.44. The topological polar surface area (TPSA) is 65.7 Å². The third kappa shape index (κ3) is 3.06. The van der Waals surface area contributed by atoms with Crippen molar-refractivity contribution in [3.05, 3.63) is 86.3 Å². The molecule has 4 nitrogen and oxygen atoms in total. The van der Waals surface area contributed by atoms with Gasteiger partial charge in [0.1, 0.15) is 5.52 Å². The normalized spacial score (nSPS) is 14.3. The molecule has 0 radical (unpaired) electrons. The molecule has 0 fully saturated rings. The Morgan fingerprint density at radius 3 is 2.59 bits per heavy atom. The van der Waals surface area contributed by atoms with Gasteiger partial charge in [0.2, 0.25) is 0 Å². The van der Waals surface area contributed by atoms with Gasteiger partial charge in [0.05, 0.1) is 16.8 Å². The fourth-order valence-electron chi connectivity index (χ4n) is 4.23. The lowest BCUT2D eigenvalue weighted by atomic mass is 9.91. The highest BCUT2D eigenvalue weighted by atomic mass is 79.9. The van der Waals surface area contributed by atoms with E-state index < -0.39 is 0 Å². The molecule has 0 saturated carbocycles. The first-order valence-corrected chi connectivity index (χ1v) is 10.6. The first-order valence-electron chi connectivity index (χ1n) is 9.80.